The third-order valence-electron chi connectivity index (χ3n) is 6.34. The number of rotatable bonds is 4. The van der Waals surface area contributed by atoms with Crippen molar-refractivity contribution >= 4 is 23.6 Å². The van der Waals surface area contributed by atoms with Gasteiger partial charge in [-0.2, -0.15) is 0 Å². The van der Waals surface area contributed by atoms with Crippen LogP contribution in [0.4, 0.5) is 4.39 Å². The highest BCUT2D eigenvalue weighted by Gasteiger charge is 2.35. The van der Waals surface area contributed by atoms with Crippen molar-refractivity contribution in [2.75, 3.05) is 26.2 Å². The largest absolute Gasteiger partial charge is 0.335 e. The van der Waals surface area contributed by atoms with Crippen molar-refractivity contribution in [2.45, 2.75) is 6.54 Å². The van der Waals surface area contributed by atoms with Crippen LogP contribution in [0.5, 0.6) is 0 Å². The number of carbonyl (C=O) groups excluding carboxylic acids is 4. The van der Waals surface area contributed by atoms with Crippen LogP contribution in [0.15, 0.2) is 72.8 Å². The van der Waals surface area contributed by atoms with E-state index in [2.05, 4.69) is 0 Å². The predicted octanol–water partition coefficient (Wildman–Crippen LogP) is 3.22. The van der Waals surface area contributed by atoms with E-state index in [9.17, 15) is 23.6 Å². The fourth-order valence-electron chi connectivity index (χ4n) is 4.44. The predicted molar refractivity (Wildman–Crippen MR) is 125 cm³/mol. The monoisotopic (exact) mass is 471 g/mol. The molecule has 2 heterocycles. The molecule has 8 heteroatoms. The van der Waals surface area contributed by atoms with Crippen molar-refractivity contribution in [2.24, 2.45) is 0 Å². The van der Waals surface area contributed by atoms with E-state index in [0.717, 1.165) is 0 Å². The lowest BCUT2D eigenvalue weighted by Gasteiger charge is -2.35. The van der Waals surface area contributed by atoms with E-state index in [1.165, 1.54) is 29.2 Å². The summed E-state index contributed by atoms with van der Waals surface area (Å²) in [7, 11) is 0. The molecular formula is C27H22FN3O4. The highest BCUT2D eigenvalue weighted by atomic mass is 19.1. The minimum atomic E-state index is -0.401. The van der Waals surface area contributed by atoms with E-state index in [0.29, 0.717) is 54.0 Å². The molecule has 176 valence electrons. The molecule has 1 saturated heterocycles. The summed E-state index contributed by atoms with van der Waals surface area (Å²) in [6.07, 6.45) is 0. The van der Waals surface area contributed by atoms with Gasteiger partial charge in [0.2, 0.25) is 0 Å². The molecule has 0 radical (unpaired) electrons. The maximum Gasteiger partial charge on any atom is 0.261 e. The lowest BCUT2D eigenvalue weighted by Crippen LogP contribution is -2.50. The number of nitrogens with zero attached hydrogens (tertiary/aromatic N) is 3. The van der Waals surface area contributed by atoms with E-state index in [1.54, 1.807) is 58.3 Å². The summed E-state index contributed by atoms with van der Waals surface area (Å²) in [4.78, 5) is 55.6. The van der Waals surface area contributed by atoms with Crippen LogP contribution in [0.3, 0.4) is 0 Å². The number of amides is 4. The van der Waals surface area contributed by atoms with Crippen LogP contribution in [-0.4, -0.2) is 64.5 Å². The smallest absolute Gasteiger partial charge is 0.261 e. The van der Waals surface area contributed by atoms with Gasteiger partial charge in [0.25, 0.3) is 23.6 Å². The fourth-order valence-corrected chi connectivity index (χ4v) is 4.44. The maximum absolute atomic E-state index is 13.1. The third-order valence-corrected chi connectivity index (χ3v) is 6.34. The van der Waals surface area contributed by atoms with E-state index in [4.69, 9.17) is 0 Å². The second kappa shape index (κ2) is 9.13. The van der Waals surface area contributed by atoms with Crippen molar-refractivity contribution < 1.29 is 23.6 Å². The minimum Gasteiger partial charge on any atom is -0.335 e. The first-order valence-corrected chi connectivity index (χ1v) is 11.3. The third kappa shape index (κ3) is 4.30. The second-order valence-electron chi connectivity index (χ2n) is 8.53. The first kappa shape index (κ1) is 22.5. The summed E-state index contributed by atoms with van der Waals surface area (Å²) >= 11 is 0. The van der Waals surface area contributed by atoms with Crippen LogP contribution >= 0.6 is 0 Å². The molecule has 0 atom stereocenters. The molecule has 0 aromatic heterocycles. The number of imide groups is 1. The summed E-state index contributed by atoms with van der Waals surface area (Å²) in [5.74, 6) is -1.46. The van der Waals surface area contributed by atoms with Crippen LogP contribution < -0.4 is 0 Å². The summed E-state index contributed by atoms with van der Waals surface area (Å²) < 4.78 is 13.1. The molecule has 3 aromatic rings. The van der Waals surface area contributed by atoms with Crippen LogP contribution in [0.1, 0.15) is 47.0 Å². The molecule has 4 amide bonds. The number of hydrogen-bond donors (Lipinski definition) is 0. The topological polar surface area (TPSA) is 78.0 Å². The highest BCUT2D eigenvalue weighted by molar-refractivity contribution is 6.21. The van der Waals surface area contributed by atoms with Crippen LogP contribution in [0.2, 0.25) is 0 Å². The molecule has 7 nitrogen and oxygen atoms in total. The Kier molecular flexibility index (Phi) is 5.86. The van der Waals surface area contributed by atoms with E-state index < -0.39 is 5.82 Å². The Labute approximate surface area is 201 Å². The highest BCUT2D eigenvalue weighted by Crippen LogP contribution is 2.24. The van der Waals surface area contributed by atoms with Crippen LogP contribution in [0, 0.1) is 5.82 Å². The Bertz CT molecular complexity index is 1300. The van der Waals surface area contributed by atoms with E-state index in [-0.39, 0.29) is 30.2 Å². The summed E-state index contributed by atoms with van der Waals surface area (Å²) in [6.45, 7) is 1.56. The van der Waals surface area contributed by atoms with Gasteiger partial charge in [0, 0.05) is 37.3 Å². The van der Waals surface area contributed by atoms with Gasteiger partial charge in [-0.3, -0.25) is 24.1 Å². The maximum atomic E-state index is 13.1. The molecule has 0 unspecified atom stereocenters. The van der Waals surface area contributed by atoms with Gasteiger partial charge in [-0.25, -0.2) is 4.39 Å². The van der Waals surface area contributed by atoms with Crippen molar-refractivity contribution in [1.82, 2.24) is 14.7 Å². The van der Waals surface area contributed by atoms with Crippen molar-refractivity contribution in [3.63, 3.8) is 0 Å². The van der Waals surface area contributed by atoms with Gasteiger partial charge in [-0.1, -0.05) is 24.3 Å². The molecule has 35 heavy (non-hydrogen) atoms. The number of carbonyl (C=O) groups is 4. The zero-order valence-corrected chi connectivity index (χ0v) is 18.8. The number of piperazine rings is 1. The number of benzene rings is 3. The average molecular weight is 471 g/mol. The average Bonchev–Trinajstić information content (AvgIpc) is 3.13. The Balaban J connectivity index is 1.23. The zero-order chi connectivity index (χ0) is 24.5. The molecule has 0 bridgehead atoms. The van der Waals surface area contributed by atoms with Crippen LogP contribution in [-0.2, 0) is 6.54 Å². The van der Waals surface area contributed by atoms with Gasteiger partial charge in [0.05, 0.1) is 17.7 Å². The molecule has 1 fully saturated rings. The lowest BCUT2D eigenvalue weighted by atomic mass is 10.1. The Hall–Kier alpha value is -4.33. The summed E-state index contributed by atoms with van der Waals surface area (Å²) in [5.41, 5.74) is 2.32. The first-order valence-electron chi connectivity index (χ1n) is 11.3. The lowest BCUT2D eigenvalue weighted by molar-refractivity contribution is 0.0535. The molecule has 0 N–H and O–H groups in total. The Morgan fingerprint density at radius 2 is 1.23 bits per heavy atom. The molecule has 3 aromatic carbocycles. The number of hydrogen-bond acceptors (Lipinski definition) is 4. The molecule has 0 aliphatic carbocycles. The standard InChI is InChI=1S/C27H22FN3O4/c28-21-10-8-19(9-11-21)24(32)29-12-14-30(15-13-29)25(33)20-5-3-4-18(16-20)17-31-26(34)22-6-1-2-7-23(22)27(31)35/h1-11,16H,12-15,17H2. The van der Waals surface area contributed by atoms with Gasteiger partial charge < -0.3 is 9.80 Å². The van der Waals surface area contributed by atoms with E-state index in [1.807, 2.05) is 0 Å². The first-order chi connectivity index (χ1) is 16.9. The quantitative estimate of drug-likeness (QED) is 0.548. The fraction of sp³-hybridized carbons (Fsp3) is 0.185. The van der Waals surface area contributed by atoms with Crippen LogP contribution in [0.25, 0.3) is 0 Å². The SMILES string of the molecule is O=C(c1ccc(F)cc1)N1CCN(C(=O)c2cccc(CN3C(=O)c4ccccc4C3=O)c2)CC1. The second-order valence-corrected chi connectivity index (χ2v) is 8.53. The van der Waals surface area contributed by atoms with Gasteiger partial charge in [0.1, 0.15) is 5.82 Å². The molecule has 0 saturated carbocycles. The molecule has 2 aliphatic rings. The van der Waals surface area contributed by atoms with Gasteiger partial charge in [-0.05, 0) is 54.1 Å². The number of halogens is 1. The van der Waals surface area contributed by atoms with Crippen molar-refractivity contribution in [3.05, 3.63) is 106 Å². The van der Waals surface area contributed by atoms with E-state index >= 15 is 0 Å². The normalized spacial score (nSPS) is 15.4. The summed E-state index contributed by atoms with van der Waals surface area (Å²) in [6, 6.07) is 19.0. The van der Waals surface area contributed by atoms with Crippen molar-refractivity contribution in [3.8, 4) is 0 Å². The van der Waals surface area contributed by atoms with Gasteiger partial charge in [0.15, 0.2) is 0 Å². The van der Waals surface area contributed by atoms with Crippen molar-refractivity contribution in [1.29, 1.82) is 0 Å². The molecule has 2 aliphatic heterocycles. The van der Waals surface area contributed by atoms with Gasteiger partial charge >= 0.3 is 0 Å². The zero-order valence-electron chi connectivity index (χ0n) is 18.8. The molecule has 0 spiro atoms. The molecular weight excluding hydrogens is 449 g/mol. The van der Waals surface area contributed by atoms with Gasteiger partial charge in [-0.15, -0.1) is 0 Å². The Morgan fingerprint density at radius 3 is 1.80 bits per heavy atom. The summed E-state index contributed by atoms with van der Waals surface area (Å²) in [5, 5.41) is 0. The number of fused-ring (bicyclic) bond motifs is 1. The Morgan fingerprint density at radius 1 is 0.686 bits per heavy atom. The minimum absolute atomic E-state index is 0.0768. The molecule has 5 rings (SSSR count).